The van der Waals surface area contributed by atoms with E-state index >= 15 is 0 Å². The first-order chi connectivity index (χ1) is 13.7. The minimum atomic E-state index is 0.236. The van der Waals surface area contributed by atoms with Gasteiger partial charge in [-0.2, -0.15) is 4.98 Å². The second kappa shape index (κ2) is 8.40. The van der Waals surface area contributed by atoms with Crippen LogP contribution in [0.5, 0.6) is 0 Å². The third-order valence-electron chi connectivity index (χ3n) is 4.95. The molecule has 0 radical (unpaired) electrons. The molecule has 2 N–H and O–H groups in total. The summed E-state index contributed by atoms with van der Waals surface area (Å²) in [5, 5.41) is 6.81. The largest absolute Gasteiger partial charge is 0.376 e. The van der Waals surface area contributed by atoms with Gasteiger partial charge in [-0.15, -0.1) is 0 Å². The fourth-order valence-electron chi connectivity index (χ4n) is 3.45. The Labute approximate surface area is 166 Å². The third kappa shape index (κ3) is 4.49. The van der Waals surface area contributed by atoms with Gasteiger partial charge in [-0.3, -0.25) is 0 Å². The molecule has 3 aromatic rings. The van der Waals surface area contributed by atoms with Crippen LogP contribution in [0.3, 0.4) is 0 Å². The molecule has 0 bridgehead atoms. The Morgan fingerprint density at radius 2 is 1.89 bits per heavy atom. The molecule has 0 amide bonds. The predicted octanol–water partition coefficient (Wildman–Crippen LogP) is 5.09. The molecular formula is C23H26N4O. The van der Waals surface area contributed by atoms with Gasteiger partial charge >= 0.3 is 0 Å². The highest BCUT2D eigenvalue weighted by Gasteiger charge is 2.16. The molecule has 2 heterocycles. The second-order valence-corrected chi connectivity index (χ2v) is 7.29. The molecule has 1 fully saturated rings. The molecule has 0 aliphatic carbocycles. The summed E-state index contributed by atoms with van der Waals surface area (Å²) >= 11 is 0. The maximum atomic E-state index is 5.71. The van der Waals surface area contributed by atoms with Crippen LogP contribution in [0, 0.1) is 13.8 Å². The quantitative estimate of drug-likeness (QED) is 0.629. The van der Waals surface area contributed by atoms with Gasteiger partial charge < -0.3 is 15.4 Å². The second-order valence-electron chi connectivity index (χ2n) is 7.29. The lowest BCUT2D eigenvalue weighted by molar-refractivity contribution is 0.120. The Hall–Kier alpha value is -2.92. The smallest absolute Gasteiger partial charge is 0.225 e. The summed E-state index contributed by atoms with van der Waals surface area (Å²) in [5.74, 6) is 1.39. The first kappa shape index (κ1) is 18.4. The molecule has 0 spiro atoms. The molecule has 144 valence electrons. The first-order valence-corrected chi connectivity index (χ1v) is 9.81. The van der Waals surface area contributed by atoms with Crippen LogP contribution in [-0.2, 0) is 4.74 Å². The van der Waals surface area contributed by atoms with Crippen molar-refractivity contribution in [1.82, 2.24) is 9.97 Å². The number of anilines is 3. The zero-order valence-electron chi connectivity index (χ0n) is 16.4. The number of aryl methyl sites for hydroxylation is 2. The van der Waals surface area contributed by atoms with Crippen LogP contribution in [0.1, 0.15) is 24.0 Å². The van der Waals surface area contributed by atoms with Gasteiger partial charge in [0, 0.05) is 30.5 Å². The zero-order valence-corrected chi connectivity index (χ0v) is 16.4. The normalized spacial score (nSPS) is 16.1. The summed E-state index contributed by atoms with van der Waals surface area (Å²) in [7, 11) is 0. The summed E-state index contributed by atoms with van der Waals surface area (Å²) < 4.78 is 5.71. The number of hydrogen-bond donors (Lipinski definition) is 2. The monoisotopic (exact) mass is 374 g/mol. The van der Waals surface area contributed by atoms with Crippen LogP contribution in [0.15, 0.2) is 54.6 Å². The summed E-state index contributed by atoms with van der Waals surface area (Å²) in [4.78, 5) is 9.41. The molecule has 1 unspecified atom stereocenters. The van der Waals surface area contributed by atoms with E-state index in [1.807, 2.05) is 24.3 Å². The Balaban J connectivity index is 1.62. The maximum Gasteiger partial charge on any atom is 0.225 e. The van der Waals surface area contributed by atoms with E-state index in [0.29, 0.717) is 5.95 Å². The van der Waals surface area contributed by atoms with E-state index in [2.05, 4.69) is 59.8 Å². The van der Waals surface area contributed by atoms with Gasteiger partial charge in [0.2, 0.25) is 5.95 Å². The average Bonchev–Trinajstić information content (AvgIpc) is 3.23. The van der Waals surface area contributed by atoms with E-state index < -0.39 is 0 Å². The molecule has 1 atom stereocenters. The van der Waals surface area contributed by atoms with E-state index in [4.69, 9.17) is 9.72 Å². The Morgan fingerprint density at radius 3 is 2.64 bits per heavy atom. The number of benzene rings is 2. The van der Waals surface area contributed by atoms with Gasteiger partial charge in [-0.1, -0.05) is 48.0 Å². The van der Waals surface area contributed by atoms with Crippen molar-refractivity contribution >= 4 is 17.5 Å². The Kier molecular flexibility index (Phi) is 5.53. The number of rotatable bonds is 6. The lowest BCUT2D eigenvalue weighted by atomic mass is 10.1. The van der Waals surface area contributed by atoms with Crippen molar-refractivity contribution in [3.05, 3.63) is 65.7 Å². The number of aromatic nitrogens is 2. The van der Waals surface area contributed by atoms with Gasteiger partial charge in [0.1, 0.15) is 5.82 Å². The number of ether oxygens (including phenoxy) is 1. The van der Waals surface area contributed by atoms with Crippen LogP contribution in [0.25, 0.3) is 11.3 Å². The van der Waals surface area contributed by atoms with Crippen molar-refractivity contribution < 1.29 is 4.74 Å². The van der Waals surface area contributed by atoms with Crippen molar-refractivity contribution in [1.29, 1.82) is 0 Å². The van der Waals surface area contributed by atoms with Gasteiger partial charge in [-0.25, -0.2) is 4.98 Å². The van der Waals surface area contributed by atoms with Crippen molar-refractivity contribution in [3.8, 4) is 11.3 Å². The molecule has 1 aliphatic rings. The first-order valence-electron chi connectivity index (χ1n) is 9.81. The molecule has 4 rings (SSSR count). The van der Waals surface area contributed by atoms with E-state index in [0.717, 1.165) is 48.8 Å². The van der Waals surface area contributed by atoms with Crippen LogP contribution in [-0.4, -0.2) is 29.2 Å². The SMILES string of the molecule is Cc1ccc(Nc2cc(-c3ccccc3)nc(NCC3CCCO3)n2)c(C)c1. The van der Waals surface area contributed by atoms with Crippen molar-refractivity contribution in [2.75, 3.05) is 23.8 Å². The highest BCUT2D eigenvalue weighted by atomic mass is 16.5. The molecule has 28 heavy (non-hydrogen) atoms. The van der Waals surface area contributed by atoms with Crippen LogP contribution in [0.4, 0.5) is 17.5 Å². The lowest BCUT2D eigenvalue weighted by Gasteiger charge is -2.15. The highest BCUT2D eigenvalue weighted by molar-refractivity contribution is 5.68. The van der Waals surface area contributed by atoms with Crippen LogP contribution < -0.4 is 10.6 Å². The molecule has 1 aromatic heterocycles. The van der Waals surface area contributed by atoms with E-state index in [9.17, 15) is 0 Å². The topological polar surface area (TPSA) is 59.1 Å². The van der Waals surface area contributed by atoms with E-state index in [1.165, 1.54) is 11.1 Å². The zero-order chi connectivity index (χ0) is 19.3. The fraction of sp³-hybridized carbons (Fsp3) is 0.304. The van der Waals surface area contributed by atoms with Crippen molar-refractivity contribution in [2.45, 2.75) is 32.8 Å². The van der Waals surface area contributed by atoms with Crippen molar-refractivity contribution in [3.63, 3.8) is 0 Å². The van der Waals surface area contributed by atoms with Crippen LogP contribution >= 0.6 is 0 Å². The minimum Gasteiger partial charge on any atom is -0.376 e. The molecule has 2 aromatic carbocycles. The molecule has 5 heteroatoms. The van der Waals surface area contributed by atoms with Crippen LogP contribution in [0.2, 0.25) is 0 Å². The summed E-state index contributed by atoms with van der Waals surface area (Å²) in [6, 6.07) is 18.5. The predicted molar refractivity (Wildman–Crippen MR) is 114 cm³/mol. The Morgan fingerprint density at radius 1 is 1.04 bits per heavy atom. The number of nitrogens with one attached hydrogen (secondary N) is 2. The molecule has 1 saturated heterocycles. The highest BCUT2D eigenvalue weighted by Crippen LogP contribution is 2.25. The molecule has 0 saturated carbocycles. The molecule has 5 nitrogen and oxygen atoms in total. The molecule has 1 aliphatic heterocycles. The van der Waals surface area contributed by atoms with Gasteiger partial charge in [0.25, 0.3) is 0 Å². The minimum absolute atomic E-state index is 0.236. The summed E-state index contributed by atoms with van der Waals surface area (Å²) in [6.07, 6.45) is 2.44. The van der Waals surface area contributed by atoms with E-state index in [-0.39, 0.29) is 6.10 Å². The third-order valence-corrected chi connectivity index (χ3v) is 4.95. The lowest BCUT2D eigenvalue weighted by Crippen LogP contribution is -2.20. The number of hydrogen-bond acceptors (Lipinski definition) is 5. The standard InChI is InChI=1S/C23H26N4O/c1-16-10-11-20(17(2)13-16)25-22-14-21(18-7-4-3-5-8-18)26-23(27-22)24-15-19-9-6-12-28-19/h3-5,7-8,10-11,13-14,19H,6,9,12,15H2,1-2H3,(H2,24,25,26,27). The molecular weight excluding hydrogens is 348 g/mol. The maximum absolute atomic E-state index is 5.71. The van der Waals surface area contributed by atoms with Gasteiger partial charge in [0.05, 0.1) is 11.8 Å². The summed E-state index contributed by atoms with van der Waals surface area (Å²) in [6.45, 7) is 5.77. The fourth-order valence-corrected chi connectivity index (χ4v) is 3.45. The Bertz CT molecular complexity index is 937. The van der Waals surface area contributed by atoms with Crippen molar-refractivity contribution in [2.24, 2.45) is 0 Å². The van der Waals surface area contributed by atoms with Gasteiger partial charge in [-0.05, 0) is 38.3 Å². The van der Waals surface area contributed by atoms with Gasteiger partial charge in [0.15, 0.2) is 0 Å². The van der Waals surface area contributed by atoms with E-state index in [1.54, 1.807) is 0 Å². The summed E-state index contributed by atoms with van der Waals surface area (Å²) in [5.41, 5.74) is 5.43. The average molecular weight is 374 g/mol. The number of nitrogens with zero attached hydrogens (tertiary/aromatic N) is 2.